The molecule has 7 heteroatoms. The third kappa shape index (κ3) is 2.47. The summed E-state index contributed by atoms with van der Waals surface area (Å²) in [7, 11) is 0. The Morgan fingerprint density at radius 2 is 1.65 bits per heavy atom. The number of benzene rings is 1. The van der Waals surface area contributed by atoms with Crippen LogP contribution in [-0.2, 0) is 5.88 Å². The molecule has 0 aliphatic carbocycles. The van der Waals surface area contributed by atoms with E-state index in [1.165, 1.54) is 0 Å². The fourth-order valence-electron chi connectivity index (χ4n) is 2.02. The average Bonchev–Trinajstić information content (AvgIpc) is 2.74. The van der Waals surface area contributed by atoms with Gasteiger partial charge in [-0.2, -0.15) is 0 Å². The van der Waals surface area contributed by atoms with Gasteiger partial charge in [0.2, 0.25) is 0 Å². The Hall–Kier alpha value is -1.000. The molecule has 0 aliphatic rings. The van der Waals surface area contributed by atoms with Gasteiger partial charge in [-0.1, -0.05) is 34.8 Å². The van der Waals surface area contributed by atoms with E-state index in [1.807, 2.05) is 4.57 Å². The molecule has 0 fully saturated rings. The number of aromatic nitrogens is 3. The van der Waals surface area contributed by atoms with Gasteiger partial charge in [-0.3, -0.25) is 4.57 Å². The monoisotopic (exact) mass is 345 g/mol. The van der Waals surface area contributed by atoms with Crippen LogP contribution < -0.4 is 0 Å². The van der Waals surface area contributed by atoms with Crippen LogP contribution >= 0.6 is 46.4 Å². The largest absolute Gasteiger partial charge is 0.280 e. The lowest BCUT2D eigenvalue weighted by Gasteiger charge is -2.08. The predicted octanol–water partition coefficient (Wildman–Crippen LogP) is 5.12. The minimum Gasteiger partial charge on any atom is -0.280 e. The zero-order valence-corrected chi connectivity index (χ0v) is 13.0. The molecule has 2 aromatic heterocycles. The van der Waals surface area contributed by atoms with Crippen LogP contribution in [0.4, 0.5) is 0 Å². The van der Waals surface area contributed by atoms with Gasteiger partial charge in [-0.25, -0.2) is 9.97 Å². The molecule has 20 heavy (non-hydrogen) atoms. The van der Waals surface area contributed by atoms with Crippen molar-refractivity contribution in [2.24, 2.45) is 0 Å². The third-order valence-electron chi connectivity index (χ3n) is 2.76. The number of halogens is 4. The summed E-state index contributed by atoms with van der Waals surface area (Å²) in [5, 5.41) is 1.58. The van der Waals surface area contributed by atoms with E-state index in [9.17, 15) is 0 Å². The first kappa shape index (κ1) is 14.0. The van der Waals surface area contributed by atoms with E-state index in [2.05, 4.69) is 9.97 Å². The van der Waals surface area contributed by atoms with Crippen molar-refractivity contribution in [2.45, 2.75) is 5.88 Å². The lowest BCUT2D eigenvalue weighted by atomic mass is 10.3. The standard InChI is InChI=1S/C13H7Cl4N3/c14-5-12-19-11-4-9(17)6-18-13(11)20(12)10-2-7(15)1-8(16)3-10/h1-4,6H,5H2. The highest BCUT2D eigenvalue weighted by molar-refractivity contribution is 6.35. The summed E-state index contributed by atoms with van der Waals surface area (Å²) in [6.07, 6.45) is 1.56. The first-order chi connectivity index (χ1) is 9.58. The smallest absolute Gasteiger partial charge is 0.164 e. The molecule has 102 valence electrons. The van der Waals surface area contributed by atoms with Crippen LogP contribution in [0.25, 0.3) is 16.9 Å². The Morgan fingerprint density at radius 3 is 2.30 bits per heavy atom. The van der Waals surface area contributed by atoms with E-state index < -0.39 is 0 Å². The summed E-state index contributed by atoms with van der Waals surface area (Å²) in [5.41, 5.74) is 2.09. The van der Waals surface area contributed by atoms with Crippen molar-refractivity contribution >= 4 is 57.6 Å². The van der Waals surface area contributed by atoms with Gasteiger partial charge in [0.25, 0.3) is 0 Å². The Kier molecular flexibility index (Phi) is 3.78. The van der Waals surface area contributed by atoms with Gasteiger partial charge in [-0.15, -0.1) is 11.6 Å². The second-order valence-corrected chi connectivity index (χ2v) is 5.70. The average molecular weight is 347 g/mol. The molecule has 0 saturated heterocycles. The topological polar surface area (TPSA) is 30.7 Å². The SMILES string of the molecule is ClCc1nc2cc(Cl)cnc2n1-c1cc(Cl)cc(Cl)c1. The van der Waals surface area contributed by atoms with E-state index in [0.29, 0.717) is 32.1 Å². The van der Waals surface area contributed by atoms with E-state index in [-0.39, 0.29) is 5.88 Å². The molecule has 0 atom stereocenters. The van der Waals surface area contributed by atoms with Crippen molar-refractivity contribution in [3.63, 3.8) is 0 Å². The number of alkyl halides is 1. The number of hydrogen-bond acceptors (Lipinski definition) is 2. The first-order valence-corrected chi connectivity index (χ1v) is 7.30. The quantitative estimate of drug-likeness (QED) is 0.603. The number of pyridine rings is 1. The first-order valence-electron chi connectivity index (χ1n) is 5.64. The number of fused-ring (bicyclic) bond motifs is 1. The van der Waals surface area contributed by atoms with Crippen molar-refractivity contribution < 1.29 is 0 Å². The van der Waals surface area contributed by atoms with E-state index >= 15 is 0 Å². The molecule has 0 amide bonds. The Balaban J connectivity index is 2.33. The van der Waals surface area contributed by atoms with Crippen molar-refractivity contribution in [3.05, 3.63) is 51.4 Å². The predicted molar refractivity (Wildman–Crippen MR) is 83.5 cm³/mol. The Morgan fingerprint density at radius 1 is 0.950 bits per heavy atom. The highest BCUT2D eigenvalue weighted by atomic mass is 35.5. The Labute approximate surface area is 135 Å². The molecule has 1 aromatic carbocycles. The third-order valence-corrected chi connectivity index (χ3v) is 3.64. The summed E-state index contributed by atoms with van der Waals surface area (Å²) in [6, 6.07) is 6.96. The van der Waals surface area contributed by atoms with Crippen molar-refractivity contribution in [1.82, 2.24) is 14.5 Å². The van der Waals surface area contributed by atoms with Gasteiger partial charge in [0.15, 0.2) is 5.65 Å². The van der Waals surface area contributed by atoms with Crippen LogP contribution in [0.2, 0.25) is 15.1 Å². The van der Waals surface area contributed by atoms with Crippen LogP contribution in [0.3, 0.4) is 0 Å². The lowest BCUT2D eigenvalue weighted by molar-refractivity contribution is 0.970. The molecule has 0 saturated carbocycles. The van der Waals surface area contributed by atoms with Crippen LogP contribution in [-0.4, -0.2) is 14.5 Å². The summed E-state index contributed by atoms with van der Waals surface area (Å²) in [6.45, 7) is 0. The van der Waals surface area contributed by atoms with Crippen molar-refractivity contribution in [1.29, 1.82) is 0 Å². The summed E-state index contributed by atoms with van der Waals surface area (Å²) in [5.74, 6) is 0.882. The van der Waals surface area contributed by atoms with Gasteiger partial charge in [-0.05, 0) is 24.3 Å². The van der Waals surface area contributed by atoms with E-state index in [4.69, 9.17) is 46.4 Å². The fraction of sp³-hybridized carbons (Fsp3) is 0.0769. The molecule has 0 aliphatic heterocycles. The second kappa shape index (κ2) is 5.41. The minimum absolute atomic E-state index is 0.234. The maximum atomic E-state index is 6.05. The van der Waals surface area contributed by atoms with Gasteiger partial charge in [0, 0.05) is 16.2 Å². The molecule has 2 heterocycles. The molecule has 3 aromatic rings. The van der Waals surface area contributed by atoms with Gasteiger partial charge < -0.3 is 0 Å². The molecular formula is C13H7Cl4N3. The van der Waals surface area contributed by atoms with Gasteiger partial charge in [0.1, 0.15) is 11.3 Å². The van der Waals surface area contributed by atoms with E-state index in [1.54, 1.807) is 30.5 Å². The van der Waals surface area contributed by atoms with Crippen LogP contribution in [0.1, 0.15) is 5.82 Å². The molecule has 0 N–H and O–H groups in total. The normalized spacial score (nSPS) is 11.2. The van der Waals surface area contributed by atoms with Gasteiger partial charge >= 0.3 is 0 Å². The molecule has 0 spiro atoms. The minimum atomic E-state index is 0.234. The van der Waals surface area contributed by atoms with Crippen LogP contribution in [0.5, 0.6) is 0 Å². The second-order valence-electron chi connectivity index (χ2n) is 4.12. The number of nitrogens with zero attached hydrogens (tertiary/aromatic N) is 3. The number of imidazole rings is 1. The summed E-state index contributed by atoms with van der Waals surface area (Å²) in [4.78, 5) is 8.73. The van der Waals surface area contributed by atoms with E-state index in [0.717, 1.165) is 5.69 Å². The zero-order chi connectivity index (χ0) is 14.3. The van der Waals surface area contributed by atoms with Crippen LogP contribution in [0, 0.1) is 0 Å². The number of hydrogen-bond donors (Lipinski definition) is 0. The Bertz CT molecular complexity index is 777. The van der Waals surface area contributed by atoms with Crippen LogP contribution in [0.15, 0.2) is 30.5 Å². The molecule has 3 rings (SSSR count). The molecular weight excluding hydrogens is 340 g/mol. The maximum Gasteiger partial charge on any atom is 0.164 e. The molecule has 0 radical (unpaired) electrons. The summed E-state index contributed by atoms with van der Waals surface area (Å²) < 4.78 is 1.82. The zero-order valence-electron chi connectivity index (χ0n) is 9.95. The lowest BCUT2D eigenvalue weighted by Crippen LogP contribution is -2.00. The van der Waals surface area contributed by atoms with Gasteiger partial charge in [0.05, 0.1) is 16.6 Å². The molecule has 0 bridgehead atoms. The highest BCUT2D eigenvalue weighted by Crippen LogP contribution is 2.27. The highest BCUT2D eigenvalue weighted by Gasteiger charge is 2.14. The molecule has 3 nitrogen and oxygen atoms in total. The fourth-order valence-corrected chi connectivity index (χ4v) is 2.86. The number of rotatable bonds is 2. The maximum absolute atomic E-state index is 6.05. The molecule has 0 unspecified atom stereocenters. The van der Waals surface area contributed by atoms with Crippen molar-refractivity contribution in [2.75, 3.05) is 0 Å². The van der Waals surface area contributed by atoms with Crippen molar-refractivity contribution in [3.8, 4) is 5.69 Å². The summed E-state index contributed by atoms with van der Waals surface area (Å²) >= 11 is 24.0.